The first-order valence-corrected chi connectivity index (χ1v) is 5.70. The summed E-state index contributed by atoms with van der Waals surface area (Å²) >= 11 is 0. The van der Waals surface area contributed by atoms with E-state index in [1.54, 1.807) is 6.92 Å². The number of carboxylic acid groups (broad SMARTS) is 1. The van der Waals surface area contributed by atoms with Crippen LogP contribution in [0.5, 0.6) is 5.75 Å². The highest BCUT2D eigenvalue weighted by atomic mass is 16.5. The quantitative estimate of drug-likeness (QED) is 0.591. The molecule has 0 aliphatic rings. The second kappa shape index (κ2) is 6.98. The first kappa shape index (κ1) is 15.3. The number of esters is 1. The molecule has 1 aromatic carbocycles. The lowest BCUT2D eigenvalue weighted by atomic mass is 10.2. The predicted octanol–water partition coefficient (Wildman–Crippen LogP) is 0.775. The van der Waals surface area contributed by atoms with Gasteiger partial charge in [0, 0.05) is 11.8 Å². The van der Waals surface area contributed by atoms with Crippen molar-refractivity contribution in [2.75, 3.05) is 18.5 Å². The van der Waals surface area contributed by atoms with Gasteiger partial charge in [0.2, 0.25) is 0 Å². The fraction of sp³-hybridized carbons (Fsp3) is 0.250. The second-order valence-corrected chi connectivity index (χ2v) is 3.65. The number of rotatable bonds is 5. The average molecular weight is 282 g/mol. The van der Waals surface area contributed by atoms with Crippen molar-refractivity contribution in [3.05, 3.63) is 23.8 Å². The summed E-state index contributed by atoms with van der Waals surface area (Å²) in [5, 5.41) is 22.7. The fourth-order valence-corrected chi connectivity index (χ4v) is 1.33. The van der Waals surface area contributed by atoms with Crippen LogP contribution in [0.1, 0.15) is 17.3 Å². The van der Waals surface area contributed by atoms with Crippen molar-refractivity contribution >= 4 is 23.7 Å². The van der Waals surface area contributed by atoms with Crippen molar-refractivity contribution < 1.29 is 29.3 Å². The summed E-state index contributed by atoms with van der Waals surface area (Å²) in [4.78, 5) is 33.1. The maximum atomic E-state index is 11.4. The van der Waals surface area contributed by atoms with Gasteiger partial charge in [-0.05, 0) is 19.1 Å². The molecule has 0 aliphatic heterocycles. The number of carbonyl (C=O) groups is 3. The smallest absolute Gasteiger partial charge is 0.339 e. The second-order valence-electron chi connectivity index (χ2n) is 3.65. The first-order chi connectivity index (χ1) is 9.43. The van der Waals surface area contributed by atoms with Crippen molar-refractivity contribution in [2.24, 2.45) is 0 Å². The molecule has 0 bridgehead atoms. The summed E-state index contributed by atoms with van der Waals surface area (Å²) in [5.74, 6) is -2.33. The molecular weight excluding hydrogens is 268 g/mol. The SMILES string of the molecule is CCOC(=O)CNC(=O)Nc1ccc(C(=O)O)c(O)c1. The molecule has 0 heterocycles. The Hall–Kier alpha value is -2.77. The zero-order valence-corrected chi connectivity index (χ0v) is 10.7. The van der Waals surface area contributed by atoms with Crippen LogP contribution in [0.2, 0.25) is 0 Å². The van der Waals surface area contributed by atoms with E-state index in [0.29, 0.717) is 0 Å². The highest BCUT2D eigenvalue weighted by Crippen LogP contribution is 2.21. The Kier molecular flexibility index (Phi) is 5.33. The Morgan fingerprint density at radius 3 is 2.55 bits per heavy atom. The van der Waals surface area contributed by atoms with Gasteiger partial charge < -0.3 is 25.6 Å². The van der Waals surface area contributed by atoms with Crippen LogP contribution in [0.4, 0.5) is 10.5 Å². The number of aromatic hydroxyl groups is 1. The van der Waals surface area contributed by atoms with Gasteiger partial charge in [-0.1, -0.05) is 0 Å². The maximum absolute atomic E-state index is 11.4. The van der Waals surface area contributed by atoms with Gasteiger partial charge in [0.05, 0.1) is 6.61 Å². The molecule has 0 radical (unpaired) electrons. The molecule has 4 N–H and O–H groups in total. The molecular formula is C12H14N2O6. The third-order valence-electron chi connectivity index (χ3n) is 2.18. The number of amides is 2. The summed E-state index contributed by atoms with van der Waals surface area (Å²) in [6.45, 7) is 1.57. The molecule has 0 aliphatic carbocycles. The summed E-state index contributed by atoms with van der Waals surface area (Å²) in [5.41, 5.74) is -0.0867. The Morgan fingerprint density at radius 1 is 1.30 bits per heavy atom. The van der Waals surface area contributed by atoms with Gasteiger partial charge in [0.15, 0.2) is 0 Å². The van der Waals surface area contributed by atoms with Crippen LogP contribution in [0.15, 0.2) is 18.2 Å². The number of nitrogens with one attached hydrogen (secondary N) is 2. The van der Waals surface area contributed by atoms with Gasteiger partial charge in [0.1, 0.15) is 17.9 Å². The Balaban J connectivity index is 2.56. The number of ether oxygens (including phenoxy) is 1. The van der Waals surface area contributed by atoms with Crippen LogP contribution in [0.3, 0.4) is 0 Å². The number of anilines is 1. The largest absolute Gasteiger partial charge is 0.507 e. The van der Waals surface area contributed by atoms with Gasteiger partial charge >= 0.3 is 18.0 Å². The summed E-state index contributed by atoms with van der Waals surface area (Å²) in [7, 11) is 0. The topological polar surface area (TPSA) is 125 Å². The number of hydrogen-bond donors (Lipinski definition) is 4. The standard InChI is InChI=1S/C12H14N2O6/c1-2-20-10(16)6-13-12(19)14-7-3-4-8(11(17)18)9(15)5-7/h3-5,15H,2,6H2,1H3,(H,17,18)(H2,13,14,19). The number of urea groups is 1. The molecule has 108 valence electrons. The predicted molar refractivity (Wildman–Crippen MR) is 68.7 cm³/mol. The number of benzene rings is 1. The normalized spacial score (nSPS) is 9.65. The van der Waals surface area contributed by atoms with E-state index in [1.165, 1.54) is 6.07 Å². The van der Waals surface area contributed by atoms with Gasteiger partial charge in [-0.15, -0.1) is 0 Å². The number of phenols is 1. The van der Waals surface area contributed by atoms with E-state index >= 15 is 0 Å². The lowest BCUT2D eigenvalue weighted by molar-refractivity contribution is -0.141. The van der Waals surface area contributed by atoms with E-state index in [-0.39, 0.29) is 24.4 Å². The van der Waals surface area contributed by atoms with Crippen molar-refractivity contribution in [1.29, 1.82) is 0 Å². The van der Waals surface area contributed by atoms with Crippen LogP contribution in [-0.4, -0.2) is 41.3 Å². The van der Waals surface area contributed by atoms with E-state index in [4.69, 9.17) is 5.11 Å². The highest BCUT2D eigenvalue weighted by Gasteiger charge is 2.11. The molecule has 2 amide bonds. The number of hydrogen-bond acceptors (Lipinski definition) is 5. The molecule has 0 atom stereocenters. The molecule has 0 saturated heterocycles. The molecule has 1 aromatic rings. The van der Waals surface area contributed by atoms with Gasteiger partial charge in [-0.2, -0.15) is 0 Å². The highest BCUT2D eigenvalue weighted by molar-refractivity contribution is 5.94. The van der Waals surface area contributed by atoms with E-state index in [0.717, 1.165) is 12.1 Å². The first-order valence-electron chi connectivity index (χ1n) is 5.70. The van der Waals surface area contributed by atoms with Crippen LogP contribution >= 0.6 is 0 Å². The van der Waals surface area contributed by atoms with E-state index in [2.05, 4.69) is 15.4 Å². The molecule has 0 fully saturated rings. The Morgan fingerprint density at radius 2 is 2.00 bits per heavy atom. The molecule has 1 rings (SSSR count). The number of carbonyl (C=O) groups excluding carboxylic acids is 2. The zero-order chi connectivity index (χ0) is 15.1. The lowest BCUT2D eigenvalue weighted by Gasteiger charge is -2.08. The van der Waals surface area contributed by atoms with Crippen LogP contribution in [-0.2, 0) is 9.53 Å². The van der Waals surface area contributed by atoms with E-state index in [1.807, 2.05) is 0 Å². The summed E-state index contributed by atoms with van der Waals surface area (Å²) in [6, 6.07) is 2.87. The van der Waals surface area contributed by atoms with E-state index < -0.39 is 23.7 Å². The number of carboxylic acids is 1. The van der Waals surface area contributed by atoms with Gasteiger partial charge in [-0.25, -0.2) is 9.59 Å². The molecule has 0 saturated carbocycles. The Labute approximate surface area is 114 Å². The molecule has 0 aromatic heterocycles. The van der Waals surface area contributed by atoms with Crippen LogP contribution in [0, 0.1) is 0 Å². The van der Waals surface area contributed by atoms with Crippen LogP contribution in [0.25, 0.3) is 0 Å². The minimum Gasteiger partial charge on any atom is -0.507 e. The minimum atomic E-state index is -1.28. The molecule has 0 unspecified atom stereocenters. The third kappa shape index (κ3) is 4.48. The van der Waals surface area contributed by atoms with Gasteiger partial charge in [0.25, 0.3) is 0 Å². The molecule has 8 nitrogen and oxygen atoms in total. The van der Waals surface area contributed by atoms with Crippen LogP contribution < -0.4 is 10.6 Å². The molecule has 8 heteroatoms. The van der Waals surface area contributed by atoms with Gasteiger partial charge in [-0.3, -0.25) is 4.79 Å². The lowest BCUT2D eigenvalue weighted by Crippen LogP contribution is -2.34. The van der Waals surface area contributed by atoms with Crippen molar-refractivity contribution in [2.45, 2.75) is 6.92 Å². The minimum absolute atomic E-state index is 0.189. The molecule has 0 spiro atoms. The van der Waals surface area contributed by atoms with Crippen molar-refractivity contribution in [3.8, 4) is 5.75 Å². The fourth-order valence-electron chi connectivity index (χ4n) is 1.33. The van der Waals surface area contributed by atoms with Crippen molar-refractivity contribution in [1.82, 2.24) is 5.32 Å². The Bertz CT molecular complexity index is 529. The average Bonchev–Trinajstić information content (AvgIpc) is 2.36. The molecule has 20 heavy (non-hydrogen) atoms. The van der Waals surface area contributed by atoms with E-state index in [9.17, 15) is 19.5 Å². The summed E-state index contributed by atoms with van der Waals surface area (Å²) in [6.07, 6.45) is 0. The maximum Gasteiger partial charge on any atom is 0.339 e. The zero-order valence-electron chi connectivity index (χ0n) is 10.7. The summed E-state index contributed by atoms with van der Waals surface area (Å²) < 4.78 is 4.62. The number of aromatic carboxylic acids is 1. The van der Waals surface area contributed by atoms with Crippen molar-refractivity contribution in [3.63, 3.8) is 0 Å². The third-order valence-corrected chi connectivity index (χ3v) is 2.18. The monoisotopic (exact) mass is 282 g/mol.